The number of benzene rings is 1. The Balaban J connectivity index is 2.77. The van der Waals surface area contributed by atoms with E-state index in [4.69, 9.17) is 12.2 Å². The fourth-order valence-corrected chi connectivity index (χ4v) is 0.917. The third kappa shape index (κ3) is 2.17. The van der Waals surface area contributed by atoms with Gasteiger partial charge in [0.1, 0.15) is 0 Å². The van der Waals surface area contributed by atoms with E-state index in [2.05, 4.69) is 5.92 Å². The lowest BCUT2D eigenvalue weighted by atomic mass is 10.1. The molecule has 0 saturated carbocycles. The fraction of sp³-hybridized carbons (Fsp3) is 0.0909. The van der Waals surface area contributed by atoms with Crippen LogP contribution in [0.2, 0.25) is 0 Å². The number of anilines is 1. The van der Waals surface area contributed by atoms with Gasteiger partial charge in [-0.2, -0.15) is 0 Å². The van der Waals surface area contributed by atoms with E-state index in [1.165, 1.54) is 0 Å². The molecule has 0 aromatic heterocycles. The number of rotatable bonds is 2. The summed E-state index contributed by atoms with van der Waals surface area (Å²) in [6.07, 6.45) is 9.61. The number of terminal acetylenes is 1. The van der Waals surface area contributed by atoms with Crippen LogP contribution < -0.4 is 5.73 Å². The quantitative estimate of drug-likeness (QED) is 0.517. The van der Waals surface area contributed by atoms with Gasteiger partial charge in [-0.05, 0) is 11.6 Å². The number of hydrogen-bond donors (Lipinski definition) is 1. The van der Waals surface area contributed by atoms with Crippen molar-refractivity contribution in [1.29, 1.82) is 0 Å². The molecule has 0 aliphatic heterocycles. The first kappa shape index (κ1) is 8.42. The lowest BCUT2D eigenvalue weighted by Crippen LogP contribution is -1.86. The van der Waals surface area contributed by atoms with Crippen molar-refractivity contribution in [1.82, 2.24) is 0 Å². The van der Waals surface area contributed by atoms with Crippen LogP contribution in [-0.4, -0.2) is 0 Å². The molecule has 1 rings (SSSR count). The summed E-state index contributed by atoms with van der Waals surface area (Å²) < 4.78 is 0. The number of allylic oxidation sites excluding steroid dienone is 1. The molecule has 0 saturated heterocycles. The predicted molar refractivity (Wildman–Crippen MR) is 53.3 cm³/mol. The van der Waals surface area contributed by atoms with Gasteiger partial charge in [0.15, 0.2) is 0 Å². The van der Waals surface area contributed by atoms with Crippen LogP contribution in [0.4, 0.5) is 5.69 Å². The minimum atomic E-state index is 0.647. The van der Waals surface area contributed by atoms with Gasteiger partial charge in [-0.25, -0.2) is 0 Å². The first-order chi connectivity index (χ1) is 5.84. The molecule has 0 aliphatic carbocycles. The molecule has 0 aliphatic rings. The number of nitrogen functional groups attached to an aromatic ring is 1. The van der Waals surface area contributed by atoms with Crippen LogP contribution in [0, 0.1) is 12.3 Å². The summed E-state index contributed by atoms with van der Waals surface area (Å²) in [7, 11) is 0. The predicted octanol–water partition coefficient (Wildman–Crippen LogP) is 2.31. The third-order valence-electron chi connectivity index (χ3n) is 1.53. The van der Waals surface area contributed by atoms with Crippen molar-refractivity contribution in [2.24, 2.45) is 0 Å². The van der Waals surface area contributed by atoms with Crippen LogP contribution >= 0.6 is 0 Å². The van der Waals surface area contributed by atoms with Crippen molar-refractivity contribution in [3.63, 3.8) is 0 Å². The van der Waals surface area contributed by atoms with E-state index in [1.54, 1.807) is 0 Å². The Morgan fingerprint density at radius 2 is 2.17 bits per heavy atom. The van der Waals surface area contributed by atoms with Crippen LogP contribution in [0.3, 0.4) is 0 Å². The molecule has 1 aromatic carbocycles. The molecule has 1 heteroatoms. The van der Waals surface area contributed by atoms with Crippen molar-refractivity contribution in [3.8, 4) is 12.3 Å². The molecule has 12 heavy (non-hydrogen) atoms. The maximum absolute atomic E-state index is 5.70. The zero-order valence-electron chi connectivity index (χ0n) is 6.83. The summed E-state index contributed by atoms with van der Waals surface area (Å²) >= 11 is 0. The highest BCUT2D eigenvalue weighted by Crippen LogP contribution is 2.11. The summed E-state index contributed by atoms with van der Waals surface area (Å²) in [4.78, 5) is 0. The van der Waals surface area contributed by atoms with E-state index in [-0.39, 0.29) is 0 Å². The van der Waals surface area contributed by atoms with Gasteiger partial charge in [0.05, 0.1) is 0 Å². The first-order valence-corrected chi connectivity index (χ1v) is 3.79. The average molecular weight is 157 g/mol. The highest BCUT2D eigenvalue weighted by molar-refractivity contribution is 5.64. The number of para-hydroxylation sites is 1. The molecular weight excluding hydrogens is 146 g/mol. The molecule has 2 N–H and O–H groups in total. The van der Waals surface area contributed by atoms with Gasteiger partial charge < -0.3 is 5.73 Å². The van der Waals surface area contributed by atoms with Gasteiger partial charge in [-0.1, -0.05) is 30.4 Å². The van der Waals surface area contributed by atoms with Gasteiger partial charge in [0.2, 0.25) is 0 Å². The van der Waals surface area contributed by atoms with Gasteiger partial charge in [0, 0.05) is 12.1 Å². The molecule has 0 unspecified atom stereocenters. The molecule has 0 amide bonds. The van der Waals surface area contributed by atoms with Gasteiger partial charge in [0.25, 0.3) is 0 Å². The van der Waals surface area contributed by atoms with E-state index in [1.807, 2.05) is 36.4 Å². The average Bonchev–Trinajstić information content (AvgIpc) is 2.09. The molecule has 0 atom stereocenters. The minimum absolute atomic E-state index is 0.647. The standard InChI is InChI=1S/C11H11N/c1-2-3-4-7-10-8-5-6-9-11(10)12/h1,4-9H,3,12H2/b7-4+. The minimum Gasteiger partial charge on any atom is -0.398 e. The highest BCUT2D eigenvalue weighted by Gasteiger charge is 1.89. The summed E-state index contributed by atoms with van der Waals surface area (Å²) in [6, 6.07) is 7.69. The second kappa shape index (κ2) is 4.25. The van der Waals surface area contributed by atoms with Crippen LogP contribution in [0.5, 0.6) is 0 Å². The van der Waals surface area contributed by atoms with E-state index in [0.717, 1.165) is 11.3 Å². The lowest BCUT2D eigenvalue weighted by molar-refractivity contribution is 1.49. The van der Waals surface area contributed by atoms with Crippen LogP contribution in [0.1, 0.15) is 12.0 Å². The van der Waals surface area contributed by atoms with Crippen molar-refractivity contribution in [2.45, 2.75) is 6.42 Å². The van der Waals surface area contributed by atoms with Crippen LogP contribution in [-0.2, 0) is 0 Å². The Kier molecular flexibility index (Phi) is 2.98. The molecule has 60 valence electrons. The molecule has 0 spiro atoms. The van der Waals surface area contributed by atoms with Gasteiger partial charge in [-0.15, -0.1) is 12.3 Å². The topological polar surface area (TPSA) is 26.0 Å². The zero-order chi connectivity index (χ0) is 8.81. The molecule has 0 heterocycles. The van der Waals surface area contributed by atoms with E-state index < -0.39 is 0 Å². The van der Waals surface area contributed by atoms with Crippen LogP contribution in [0.25, 0.3) is 6.08 Å². The zero-order valence-corrected chi connectivity index (χ0v) is 6.83. The Hall–Kier alpha value is -1.68. The highest BCUT2D eigenvalue weighted by atomic mass is 14.5. The Morgan fingerprint density at radius 3 is 2.83 bits per heavy atom. The molecule has 1 nitrogen and oxygen atoms in total. The Morgan fingerprint density at radius 1 is 1.42 bits per heavy atom. The lowest BCUT2D eigenvalue weighted by Gasteiger charge is -1.96. The molecule has 0 radical (unpaired) electrons. The summed E-state index contributed by atoms with van der Waals surface area (Å²) in [6.45, 7) is 0. The molecule has 1 aromatic rings. The maximum atomic E-state index is 5.70. The van der Waals surface area contributed by atoms with Crippen molar-refractivity contribution < 1.29 is 0 Å². The fourth-order valence-electron chi connectivity index (χ4n) is 0.917. The normalized spacial score (nSPS) is 9.92. The van der Waals surface area contributed by atoms with Gasteiger partial charge >= 0.3 is 0 Å². The molecule has 0 fully saturated rings. The molecular formula is C11H11N. The summed E-state index contributed by atoms with van der Waals surface area (Å²) in [5.41, 5.74) is 7.50. The second-order valence-corrected chi connectivity index (χ2v) is 2.44. The third-order valence-corrected chi connectivity index (χ3v) is 1.53. The largest absolute Gasteiger partial charge is 0.398 e. The maximum Gasteiger partial charge on any atom is 0.0387 e. The van der Waals surface area contributed by atoms with E-state index in [0.29, 0.717) is 6.42 Å². The van der Waals surface area contributed by atoms with E-state index >= 15 is 0 Å². The summed E-state index contributed by atoms with van der Waals surface area (Å²) in [5.74, 6) is 2.53. The molecule has 0 bridgehead atoms. The second-order valence-electron chi connectivity index (χ2n) is 2.44. The monoisotopic (exact) mass is 157 g/mol. The van der Waals surface area contributed by atoms with E-state index in [9.17, 15) is 0 Å². The SMILES string of the molecule is C#CC/C=C/c1ccccc1N. The Bertz CT molecular complexity index is 318. The summed E-state index contributed by atoms with van der Waals surface area (Å²) in [5, 5.41) is 0. The first-order valence-electron chi connectivity index (χ1n) is 3.79. The van der Waals surface area contributed by atoms with Crippen LogP contribution in [0.15, 0.2) is 30.3 Å². The Labute approximate surface area is 72.9 Å². The number of nitrogens with two attached hydrogens (primary N) is 1. The van der Waals surface area contributed by atoms with Gasteiger partial charge in [-0.3, -0.25) is 0 Å². The smallest absolute Gasteiger partial charge is 0.0387 e. The van der Waals surface area contributed by atoms with Crippen molar-refractivity contribution >= 4 is 11.8 Å². The van der Waals surface area contributed by atoms with Crippen molar-refractivity contribution in [2.75, 3.05) is 5.73 Å². The number of hydrogen-bond acceptors (Lipinski definition) is 1. The van der Waals surface area contributed by atoms with Crippen molar-refractivity contribution in [3.05, 3.63) is 35.9 Å².